The number of benzene rings is 2. The summed E-state index contributed by atoms with van der Waals surface area (Å²) in [5, 5.41) is 8.10. The molecule has 2 N–H and O–H groups in total. The minimum Gasteiger partial charge on any atom is -0.325 e. The van der Waals surface area contributed by atoms with Crippen LogP contribution in [-0.4, -0.2) is 35.1 Å². The van der Waals surface area contributed by atoms with E-state index in [1.54, 1.807) is 0 Å². The SMILES string of the molecule is Cc1cccc2c1NC(=O)C21N2CCCC2C(C(=O)c2cccs2)C12C(=O)Nc1ccccc12. The fraction of sp³-hybridized carbons (Fsp3) is 0.296. The number of thiophene rings is 1. The molecular formula is C27H23N3O3S. The molecule has 170 valence electrons. The highest BCUT2D eigenvalue weighted by atomic mass is 32.1. The number of nitrogens with zero attached hydrogens (tertiary/aromatic N) is 1. The van der Waals surface area contributed by atoms with E-state index >= 15 is 0 Å². The van der Waals surface area contributed by atoms with Crippen molar-refractivity contribution >= 4 is 40.3 Å². The van der Waals surface area contributed by atoms with E-state index in [0.29, 0.717) is 17.1 Å². The third-order valence-corrected chi connectivity index (χ3v) is 9.27. The average Bonchev–Trinajstić information content (AvgIpc) is 3.62. The van der Waals surface area contributed by atoms with Crippen molar-refractivity contribution in [2.24, 2.45) is 5.92 Å². The Kier molecular flexibility index (Phi) is 3.93. The van der Waals surface area contributed by atoms with Crippen molar-refractivity contribution in [3.8, 4) is 0 Å². The molecule has 3 aromatic rings. The Morgan fingerprint density at radius 1 is 1.00 bits per heavy atom. The van der Waals surface area contributed by atoms with Crippen LogP contribution in [-0.2, 0) is 20.5 Å². The first-order valence-corrected chi connectivity index (χ1v) is 12.6. The summed E-state index contributed by atoms with van der Waals surface area (Å²) >= 11 is 1.40. The molecule has 2 spiro atoms. The van der Waals surface area contributed by atoms with Crippen LogP contribution in [0.15, 0.2) is 60.0 Å². The lowest BCUT2D eigenvalue weighted by Gasteiger charge is -2.43. The Morgan fingerprint density at radius 2 is 1.82 bits per heavy atom. The molecule has 0 radical (unpaired) electrons. The first-order valence-electron chi connectivity index (χ1n) is 11.7. The van der Waals surface area contributed by atoms with E-state index < -0.39 is 16.9 Å². The Balaban J connectivity index is 1.62. The first kappa shape index (κ1) is 20.1. The number of carbonyl (C=O) groups is 3. The van der Waals surface area contributed by atoms with Gasteiger partial charge in [-0.2, -0.15) is 0 Å². The molecule has 0 bridgehead atoms. The van der Waals surface area contributed by atoms with Gasteiger partial charge in [-0.25, -0.2) is 0 Å². The Labute approximate surface area is 201 Å². The summed E-state index contributed by atoms with van der Waals surface area (Å²) in [4.78, 5) is 45.7. The largest absolute Gasteiger partial charge is 0.325 e. The number of anilines is 2. The van der Waals surface area contributed by atoms with Crippen LogP contribution in [0, 0.1) is 12.8 Å². The fourth-order valence-corrected chi connectivity index (χ4v) is 8.03. The highest BCUT2D eigenvalue weighted by Crippen LogP contribution is 2.68. The van der Waals surface area contributed by atoms with Crippen molar-refractivity contribution in [3.05, 3.63) is 81.5 Å². The van der Waals surface area contributed by atoms with E-state index in [2.05, 4.69) is 15.5 Å². The van der Waals surface area contributed by atoms with Crippen LogP contribution in [0.3, 0.4) is 0 Å². The molecule has 4 aliphatic rings. The van der Waals surface area contributed by atoms with Gasteiger partial charge in [0.1, 0.15) is 11.0 Å². The maximum absolute atomic E-state index is 14.3. The molecule has 2 saturated heterocycles. The first-order chi connectivity index (χ1) is 16.5. The van der Waals surface area contributed by atoms with E-state index in [1.807, 2.05) is 66.9 Å². The summed E-state index contributed by atoms with van der Waals surface area (Å²) in [6, 6.07) is 16.9. The monoisotopic (exact) mass is 469 g/mol. The maximum Gasteiger partial charge on any atom is 0.251 e. The van der Waals surface area contributed by atoms with Gasteiger partial charge >= 0.3 is 0 Å². The smallest absolute Gasteiger partial charge is 0.251 e. The number of rotatable bonds is 2. The van der Waals surface area contributed by atoms with Gasteiger partial charge in [-0.3, -0.25) is 19.3 Å². The summed E-state index contributed by atoms with van der Waals surface area (Å²) in [5.41, 5.74) is 1.30. The second kappa shape index (κ2) is 6.64. The normalized spacial score (nSPS) is 31.0. The molecule has 6 nitrogen and oxygen atoms in total. The fourth-order valence-electron chi connectivity index (χ4n) is 7.32. The van der Waals surface area contributed by atoms with Gasteiger partial charge in [0, 0.05) is 23.0 Å². The van der Waals surface area contributed by atoms with Crippen molar-refractivity contribution < 1.29 is 14.4 Å². The van der Waals surface area contributed by atoms with Gasteiger partial charge in [0.05, 0.1) is 10.8 Å². The summed E-state index contributed by atoms with van der Waals surface area (Å²) in [6.07, 6.45) is 1.66. The lowest BCUT2D eigenvalue weighted by Crippen LogP contribution is -2.62. The van der Waals surface area contributed by atoms with Crippen molar-refractivity contribution in [1.29, 1.82) is 0 Å². The highest BCUT2D eigenvalue weighted by Gasteiger charge is 2.81. The summed E-state index contributed by atoms with van der Waals surface area (Å²) < 4.78 is 0. The summed E-state index contributed by atoms with van der Waals surface area (Å²) in [5.74, 6) is -1.20. The van der Waals surface area contributed by atoms with E-state index in [0.717, 1.165) is 35.2 Å². The minimum absolute atomic E-state index is 0.0514. The van der Waals surface area contributed by atoms with Gasteiger partial charge in [-0.1, -0.05) is 42.5 Å². The quantitative estimate of drug-likeness (QED) is 0.555. The van der Waals surface area contributed by atoms with Crippen molar-refractivity contribution in [3.63, 3.8) is 0 Å². The molecular weight excluding hydrogens is 446 g/mol. The topological polar surface area (TPSA) is 78.5 Å². The number of ketones is 1. The Bertz CT molecular complexity index is 1400. The second-order valence-corrected chi connectivity index (χ2v) is 10.6. The lowest BCUT2D eigenvalue weighted by molar-refractivity contribution is -0.137. The molecule has 4 atom stereocenters. The molecule has 0 aliphatic carbocycles. The lowest BCUT2D eigenvalue weighted by atomic mass is 9.57. The van der Waals surface area contributed by atoms with Gasteiger partial charge in [0.2, 0.25) is 5.91 Å². The molecule has 1 aromatic heterocycles. The maximum atomic E-state index is 14.3. The average molecular weight is 470 g/mol. The molecule has 4 aliphatic heterocycles. The number of para-hydroxylation sites is 2. The molecule has 34 heavy (non-hydrogen) atoms. The van der Waals surface area contributed by atoms with E-state index in [9.17, 15) is 14.4 Å². The van der Waals surface area contributed by atoms with Gasteiger partial charge < -0.3 is 10.6 Å². The number of fused-ring (bicyclic) bond motifs is 7. The molecule has 7 heteroatoms. The number of Topliss-reactive ketones (excluding diaryl/α,β-unsaturated/α-hetero) is 1. The number of hydrogen-bond donors (Lipinski definition) is 2. The Hall–Kier alpha value is -3.29. The molecule has 5 heterocycles. The van der Waals surface area contributed by atoms with Crippen molar-refractivity contribution in [1.82, 2.24) is 4.90 Å². The zero-order chi connectivity index (χ0) is 23.2. The third kappa shape index (κ3) is 2.05. The number of carbonyl (C=O) groups excluding carboxylic acids is 3. The molecule has 4 unspecified atom stereocenters. The van der Waals surface area contributed by atoms with Crippen molar-refractivity contribution in [2.75, 3.05) is 17.2 Å². The number of nitrogens with one attached hydrogen (secondary N) is 2. The number of hydrogen-bond acceptors (Lipinski definition) is 5. The number of amides is 2. The molecule has 7 rings (SSSR count). The Morgan fingerprint density at radius 3 is 2.65 bits per heavy atom. The zero-order valence-electron chi connectivity index (χ0n) is 18.6. The van der Waals surface area contributed by atoms with E-state index in [-0.39, 0.29) is 23.6 Å². The van der Waals surface area contributed by atoms with Gasteiger partial charge in [-0.05, 0) is 54.9 Å². The van der Waals surface area contributed by atoms with Gasteiger partial charge in [-0.15, -0.1) is 11.3 Å². The van der Waals surface area contributed by atoms with Crippen LogP contribution in [0.5, 0.6) is 0 Å². The van der Waals surface area contributed by atoms with Crippen LogP contribution in [0.4, 0.5) is 11.4 Å². The van der Waals surface area contributed by atoms with Gasteiger partial charge in [0.25, 0.3) is 5.91 Å². The molecule has 0 saturated carbocycles. The highest BCUT2D eigenvalue weighted by molar-refractivity contribution is 7.12. The summed E-state index contributed by atoms with van der Waals surface area (Å²) in [6.45, 7) is 2.63. The second-order valence-electron chi connectivity index (χ2n) is 9.69. The van der Waals surface area contributed by atoms with Crippen LogP contribution in [0.1, 0.15) is 39.2 Å². The standard InChI is InChI=1S/C27H23N3O3S/c1-15-7-4-9-17-22(15)29-25(33)27(17)26(16-8-2-3-10-18(16)28-24(26)32)21(19-11-5-13-30(19)27)23(31)20-12-6-14-34-20/h2-4,6-10,12,14,19,21H,5,11,13H2,1H3,(H,28,32)(H,29,33). The van der Waals surface area contributed by atoms with Crippen LogP contribution < -0.4 is 10.6 Å². The predicted octanol–water partition coefficient (Wildman–Crippen LogP) is 4.07. The van der Waals surface area contributed by atoms with Crippen LogP contribution >= 0.6 is 11.3 Å². The third-order valence-electron chi connectivity index (χ3n) is 8.39. The van der Waals surface area contributed by atoms with E-state index in [4.69, 9.17) is 0 Å². The molecule has 2 aromatic carbocycles. The minimum atomic E-state index is -1.36. The zero-order valence-corrected chi connectivity index (χ0v) is 19.4. The van der Waals surface area contributed by atoms with Crippen LogP contribution in [0.2, 0.25) is 0 Å². The molecule has 2 amide bonds. The number of aryl methyl sites for hydroxylation is 1. The predicted molar refractivity (Wildman–Crippen MR) is 130 cm³/mol. The van der Waals surface area contributed by atoms with Crippen LogP contribution in [0.25, 0.3) is 0 Å². The summed E-state index contributed by atoms with van der Waals surface area (Å²) in [7, 11) is 0. The van der Waals surface area contributed by atoms with E-state index in [1.165, 1.54) is 11.3 Å². The molecule has 2 fully saturated rings. The van der Waals surface area contributed by atoms with Crippen molar-refractivity contribution in [2.45, 2.75) is 36.8 Å². The van der Waals surface area contributed by atoms with Gasteiger partial charge in [0.15, 0.2) is 5.78 Å².